The van der Waals surface area contributed by atoms with Gasteiger partial charge in [0.15, 0.2) is 0 Å². The van der Waals surface area contributed by atoms with E-state index in [0.29, 0.717) is 6.42 Å². The zero-order chi connectivity index (χ0) is 16.3. The highest BCUT2D eigenvalue weighted by Crippen LogP contribution is 2.23. The monoisotopic (exact) mass is 318 g/mol. The van der Waals surface area contributed by atoms with Gasteiger partial charge < -0.3 is 5.11 Å². The number of aliphatic carboxylic acids is 1. The minimum atomic E-state index is -1.18. The van der Waals surface area contributed by atoms with Crippen molar-refractivity contribution in [1.82, 2.24) is 0 Å². The summed E-state index contributed by atoms with van der Waals surface area (Å²) in [7, 11) is -1.18. The van der Waals surface area contributed by atoms with Crippen LogP contribution in [0, 0.1) is 5.92 Å². The number of carboxylic acid groups (broad SMARTS) is 1. The van der Waals surface area contributed by atoms with E-state index in [1.54, 1.807) is 0 Å². The van der Waals surface area contributed by atoms with Crippen molar-refractivity contribution in [3.8, 4) is 0 Å². The second kappa shape index (κ2) is 6.61. The van der Waals surface area contributed by atoms with Crippen molar-refractivity contribution >= 4 is 27.5 Å². The van der Waals surface area contributed by atoms with E-state index in [1.165, 1.54) is 0 Å². The molecule has 22 heavy (non-hydrogen) atoms. The summed E-state index contributed by atoms with van der Waals surface area (Å²) < 4.78 is 11.9. The number of carbonyl (C=O) groups is 1. The molecule has 0 spiro atoms. The van der Waals surface area contributed by atoms with E-state index in [9.17, 15) is 14.1 Å². The van der Waals surface area contributed by atoms with E-state index < -0.39 is 27.4 Å². The van der Waals surface area contributed by atoms with Gasteiger partial charge in [0.05, 0.1) is 5.92 Å². The smallest absolute Gasteiger partial charge is 0.307 e. The maximum absolute atomic E-state index is 12.3. The summed E-state index contributed by atoms with van der Waals surface area (Å²) in [6, 6.07) is 13.9. The number of benzene rings is 2. The lowest BCUT2D eigenvalue weighted by Gasteiger charge is -2.21. The van der Waals surface area contributed by atoms with Crippen LogP contribution in [-0.4, -0.2) is 25.8 Å². The minimum Gasteiger partial charge on any atom is -0.481 e. The number of carboxylic acids is 1. The van der Waals surface area contributed by atoms with Crippen molar-refractivity contribution in [2.75, 3.05) is 5.75 Å². The van der Waals surface area contributed by atoms with Crippen LogP contribution in [0.4, 0.5) is 0 Å². The Balaban J connectivity index is 2.27. The first-order valence-corrected chi connectivity index (χ1v) is 8.69. The third-order valence-electron chi connectivity index (χ3n) is 3.73. The molecule has 0 bridgehead atoms. The predicted octanol–water partition coefficient (Wildman–Crippen LogP) is 3.63. The van der Waals surface area contributed by atoms with Crippen LogP contribution in [0.3, 0.4) is 0 Å². The van der Waals surface area contributed by atoms with Gasteiger partial charge in [0.1, 0.15) is 0 Å². The lowest BCUT2D eigenvalue weighted by molar-refractivity contribution is -0.140. The Kier molecular flexibility index (Phi) is 5.01. The lowest BCUT2D eigenvalue weighted by Crippen LogP contribution is -2.31. The summed E-state index contributed by atoms with van der Waals surface area (Å²) in [5.41, 5.74) is 0.997. The van der Waals surface area contributed by atoms with Crippen molar-refractivity contribution in [3.05, 3.63) is 48.0 Å². The summed E-state index contributed by atoms with van der Waals surface area (Å²) in [6.45, 7) is 5.62. The van der Waals surface area contributed by atoms with Crippen LogP contribution in [0.2, 0.25) is 0 Å². The Morgan fingerprint density at radius 1 is 1.14 bits per heavy atom. The molecule has 2 rings (SSSR count). The summed E-state index contributed by atoms with van der Waals surface area (Å²) in [5, 5.41) is 11.7. The summed E-state index contributed by atoms with van der Waals surface area (Å²) in [4.78, 5) is 11.6. The molecule has 2 aromatic rings. The molecule has 0 radical (unpaired) electrons. The number of hydrogen-bond donors (Lipinski definition) is 1. The maximum atomic E-state index is 12.3. The largest absolute Gasteiger partial charge is 0.481 e. The highest BCUT2D eigenvalue weighted by molar-refractivity contribution is 7.86. The number of hydrogen-bond acceptors (Lipinski definition) is 2. The Labute approximate surface area is 133 Å². The van der Waals surface area contributed by atoms with Gasteiger partial charge >= 0.3 is 5.97 Å². The van der Waals surface area contributed by atoms with Crippen molar-refractivity contribution in [2.45, 2.75) is 31.9 Å². The molecule has 2 aromatic carbocycles. The molecule has 0 aliphatic rings. The molecule has 0 fully saturated rings. The molecule has 118 valence electrons. The molecule has 0 aromatic heterocycles. The first-order valence-electron chi connectivity index (χ1n) is 7.37. The van der Waals surface area contributed by atoms with E-state index in [4.69, 9.17) is 0 Å². The van der Waals surface area contributed by atoms with E-state index in [1.807, 2.05) is 63.2 Å². The van der Waals surface area contributed by atoms with Crippen molar-refractivity contribution in [2.24, 2.45) is 5.92 Å². The minimum absolute atomic E-state index is 0.183. The summed E-state index contributed by atoms with van der Waals surface area (Å²) in [5.74, 6) is -1.33. The molecule has 0 saturated heterocycles. The number of rotatable bonds is 5. The van der Waals surface area contributed by atoms with E-state index in [0.717, 1.165) is 16.3 Å². The van der Waals surface area contributed by atoms with Gasteiger partial charge in [-0.1, -0.05) is 42.5 Å². The molecular weight excluding hydrogens is 296 g/mol. The van der Waals surface area contributed by atoms with Gasteiger partial charge in [-0.05, 0) is 43.5 Å². The van der Waals surface area contributed by atoms with Gasteiger partial charge in [0, 0.05) is 21.3 Å². The van der Waals surface area contributed by atoms with Gasteiger partial charge in [0.2, 0.25) is 0 Å². The molecule has 1 unspecified atom stereocenters. The van der Waals surface area contributed by atoms with Crippen LogP contribution in [0.25, 0.3) is 10.8 Å². The standard InChI is InChI=1S/C18H22O3S/c1-18(2,3)22(21)12-15(17(19)20)11-14-9-6-8-13-7-4-5-10-16(13)14/h4-10,15H,11-12H2,1-3H3,(H,19,20)/t15-,22?/m0/s1. The number of fused-ring (bicyclic) bond motifs is 1. The molecular formula is C18H22O3S. The van der Waals surface area contributed by atoms with Gasteiger partial charge in [-0.25, -0.2) is 0 Å². The Bertz CT molecular complexity index is 696. The first kappa shape index (κ1) is 16.7. The molecule has 3 nitrogen and oxygen atoms in total. The van der Waals surface area contributed by atoms with Gasteiger partial charge in [-0.3, -0.25) is 9.00 Å². The molecule has 0 saturated carbocycles. The highest BCUT2D eigenvalue weighted by atomic mass is 32.2. The maximum Gasteiger partial charge on any atom is 0.307 e. The fourth-order valence-corrected chi connectivity index (χ4v) is 3.51. The van der Waals surface area contributed by atoms with Gasteiger partial charge in [-0.2, -0.15) is 0 Å². The van der Waals surface area contributed by atoms with Crippen molar-refractivity contribution in [1.29, 1.82) is 0 Å². The lowest BCUT2D eigenvalue weighted by atomic mass is 9.96. The van der Waals surface area contributed by atoms with Crippen LogP contribution >= 0.6 is 0 Å². The van der Waals surface area contributed by atoms with E-state index in [-0.39, 0.29) is 5.75 Å². The second-order valence-corrected chi connectivity index (χ2v) is 8.75. The molecule has 4 heteroatoms. The Hall–Kier alpha value is -1.68. The van der Waals surface area contributed by atoms with Crippen LogP contribution in [-0.2, 0) is 22.0 Å². The van der Waals surface area contributed by atoms with Gasteiger partial charge in [-0.15, -0.1) is 0 Å². The highest BCUT2D eigenvalue weighted by Gasteiger charge is 2.27. The average Bonchev–Trinajstić information content (AvgIpc) is 2.45. The molecule has 0 amide bonds. The third kappa shape index (κ3) is 3.95. The molecule has 1 N–H and O–H groups in total. The Morgan fingerprint density at radius 3 is 2.41 bits per heavy atom. The summed E-state index contributed by atoms with van der Waals surface area (Å²) in [6.07, 6.45) is 0.401. The normalized spacial score (nSPS) is 14.7. The molecule has 2 atom stereocenters. The zero-order valence-electron chi connectivity index (χ0n) is 13.2. The Morgan fingerprint density at radius 2 is 1.77 bits per heavy atom. The molecule has 0 heterocycles. The fraction of sp³-hybridized carbons (Fsp3) is 0.389. The third-order valence-corrected chi connectivity index (χ3v) is 5.80. The fourth-order valence-electron chi connectivity index (χ4n) is 2.39. The zero-order valence-corrected chi connectivity index (χ0v) is 14.0. The first-order chi connectivity index (χ1) is 10.3. The second-order valence-electron chi connectivity index (χ2n) is 6.50. The summed E-state index contributed by atoms with van der Waals surface area (Å²) >= 11 is 0. The average molecular weight is 318 g/mol. The van der Waals surface area contributed by atoms with E-state index in [2.05, 4.69) is 0 Å². The van der Waals surface area contributed by atoms with Crippen LogP contribution in [0.15, 0.2) is 42.5 Å². The van der Waals surface area contributed by atoms with Crippen LogP contribution in [0.5, 0.6) is 0 Å². The molecule has 0 aliphatic heterocycles. The predicted molar refractivity (Wildman–Crippen MR) is 91.5 cm³/mol. The molecule has 0 aliphatic carbocycles. The van der Waals surface area contributed by atoms with Crippen LogP contribution < -0.4 is 0 Å². The quantitative estimate of drug-likeness (QED) is 0.916. The SMILES string of the molecule is CC(C)(C)S(=O)C[C@H](Cc1cccc2ccccc12)C(=O)O. The van der Waals surface area contributed by atoms with Crippen molar-refractivity contribution < 1.29 is 14.1 Å². The van der Waals surface area contributed by atoms with Gasteiger partial charge in [0.25, 0.3) is 0 Å². The van der Waals surface area contributed by atoms with Crippen molar-refractivity contribution in [3.63, 3.8) is 0 Å². The van der Waals surface area contributed by atoms with E-state index >= 15 is 0 Å². The van der Waals surface area contributed by atoms with Crippen LogP contribution in [0.1, 0.15) is 26.3 Å². The topological polar surface area (TPSA) is 54.4 Å².